The highest BCUT2D eigenvalue weighted by Gasteiger charge is 2.09. The van der Waals surface area contributed by atoms with Gasteiger partial charge in [-0.15, -0.1) is 0 Å². The van der Waals surface area contributed by atoms with Gasteiger partial charge in [0.25, 0.3) is 0 Å². The second-order valence-electron chi connectivity index (χ2n) is 4.78. The van der Waals surface area contributed by atoms with Gasteiger partial charge in [0.1, 0.15) is 11.5 Å². The summed E-state index contributed by atoms with van der Waals surface area (Å²) in [6.07, 6.45) is 0.871. The zero-order valence-electron chi connectivity index (χ0n) is 12.0. The molecule has 0 aliphatic heterocycles. The molecule has 2 aromatic carbocycles. The van der Waals surface area contributed by atoms with E-state index in [2.05, 4.69) is 12.1 Å². The van der Waals surface area contributed by atoms with Crippen LogP contribution in [0, 0.1) is 0 Å². The van der Waals surface area contributed by atoms with Gasteiger partial charge in [0.2, 0.25) is 0 Å². The van der Waals surface area contributed by atoms with Crippen LogP contribution >= 0.6 is 0 Å². The van der Waals surface area contributed by atoms with Crippen LogP contribution < -0.4 is 15.2 Å². The van der Waals surface area contributed by atoms with Crippen molar-refractivity contribution in [2.75, 3.05) is 13.7 Å². The third-order valence-corrected chi connectivity index (χ3v) is 3.20. The third kappa shape index (κ3) is 3.75. The molecule has 0 fully saturated rings. The van der Waals surface area contributed by atoms with Gasteiger partial charge in [-0.3, -0.25) is 0 Å². The zero-order chi connectivity index (χ0) is 14.4. The predicted octanol–water partition coefficient (Wildman–Crippen LogP) is 3.34. The molecule has 2 aromatic rings. The second-order valence-corrected chi connectivity index (χ2v) is 4.78. The number of hydrogen-bond acceptors (Lipinski definition) is 3. The Morgan fingerprint density at radius 1 is 1.10 bits per heavy atom. The molecule has 0 radical (unpaired) electrons. The highest BCUT2D eigenvalue weighted by Crippen LogP contribution is 2.28. The van der Waals surface area contributed by atoms with Crippen molar-refractivity contribution < 1.29 is 9.47 Å². The van der Waals surface area contributed by atoms with Crippen LogP contribution in [0.5, 0.6) is 11.5 Å². The number of rotatable bonds is 6. The van der Waals surface area contributed by atoms with Crippen molar-refractivity contribution in [2.45, 2.75) is 19.4 Å². The molecule has 0 aliphatic rings. The van der Waals surface area contributed by atoms with Gasteiger partial charge >= 0.3 is 0 Å². The quantitative estimate of drug-likeness (QED) is 0.876. The molecule has 0 saturated carbocycles. The number of methoxy groups -OCH3 is 1. The van der Waals surface area contributed by atoms with E-state index in [0.29, 0.717) is 6.61 Å². The summed E-state index contributed by atoms with van der Waals surface area (Å²) >= 11 is 0. The van der Waals surface area contributed by atoms with Crippen molar-refractivity contribution in [1.82, 2.24) is 0 Å². The fourth-order valence-corrected chi connectivity index (χ4v) is 2.07. The molecule has 3 heteroatoms. The molecule has 106 valence electrons. The molecule has 0 heterocycles. The van der Waals surface area contributed by atoms with Gasteiger partial charge in [-0.25, -0.2) is 0 Å². The van der Waals surface area contributed by atoms with Gasteiger partial charge in [0, 0.05) is 24.1 Å². The van der Waals surface area contributed by atoms with Gasteiger partial charge in [-0.2, -0.15) is 0 Å². The maximum atomic E-state index is 5.97. The topological polar surface area (TPSA) is 44.5 Å². The molecule has 0 bridgehead atoms. The highest BCUT2D eigenvalue weighted by molar-refractivity contribution is 5.42. The summed E-state index contributed by atoms with van der Waals surface area (Å²) in [5.41, 5.74) is 8.23. The van der Waals surface area contributed by atoms with Crippen LogP contribution in [-0.2, 0) is 6.42 Å². The van der Waals surface area contributed by atoms with Crippen molar-refractivity contribution in [1.29, 1.82) is 0 Å². The van der Waals surface area contributed by atoms with E-state index in [1.165, 1.54) is 5.56 Å². The van der Waals surface area contributed by atoms with Crippen molar-refractivity contribution in [3.63, 3.8) is 0 Å². The summed E-state index contributed by atoms with van der Waals surface area (Å²) in [5.74, 6) is 1.58. The van der Waals surface area contributed by atoms with Gasteiger partial charge in [-0.05, 0) is 18.6 Å². The molecule has 2 rings (SSSR count). The van der Waals surface area contributed by atoms with Crippen molar-refractivity contribution in [3.8, 4) is 11.5 Å². The van der Waals surface area contributed by atoms with E-state index in [-0.39, 0.29) is 6.04 Å². The summed E-state index contributed by atoms with van der Waals surface area (Å²) < 4.78 is 11.1. The first-order valence-electron chi connectivity index (χ1n) is 6.81. The lowest BCUT2D eigenvalue weighted by atomic mass is 10.1. The number of hydrogen-bond donors (Lipinski definition) is 1. The van der Waals surface area contributed by atoms with E-state index in [9.17, 15) is 0 Å². The smallest absolute Gasteiger partial charge is 0.127 e. The Bertz CT molecular complexity index is 538. The first kappa shape index (κ1) is 14.4. The lowest BCUT2D eigenvalue weighted by Crippen LogP contribution is -2.09. The molecule has 1 atom stereocenters. The first-order valence-corrected chi connectivity index (χ1v) is 6.81. The fraction of sp³-hybridized carbons (Fsp3) is 0.294. The normalized spacial score (nSPS) is 11.9. The van der Waals surface area contributed by atoms with E-state index in [1.807, 2.05) is 43.3 Å². The molecular weight excluding hydrogens is 250 g/mol. The van der Waals surface area contributed by atoms with E-state index >= 15 is 0 Å². The average Bonchev–Trinajstić information content (AvgIpc) is 2.48. The van der Waals surface area contributed by atoms with Crippen LogP contribution in [0.2, 0.25) is 0 Å². The van der Waals surface area contributed by atoms with Gasteiger partial charge < -0.3 is 15.2 Å². The van der Waals surface area contributed by atoms with E-state index in [1.54, 1.807) is 7.11 Å². The molecular formula is C17H21NO2. The fourth-order valence-electron chi connectivity index (χ4n) is 2.07. The molecule has 0 saturated heterocycles. The van der Waals surface area contributed by atoms with Crippen LogP contribution in [-0.4, -0.2) is 13.7 Å². The van der Waals surface area contributed by atoms with Gasteiger partial charge in [0.05, 0.1) is 13.7 Å². The molecule has 3 nitrogen and oxygen atoms in total. The monoisotopic (exact) mass is 271 g/mol. The van der Waals surface area contributed by atoms with Crippen LogP contribution in [0.15, 0.2) is 48.5 Å². The SMILES string of the molecule is COc1ccc([C@H](C)N)c(OCCc2ccccc2)c1. The summed E-state index contributed by atoms with van der Waals surface area (Å²) in [7, 11) is 1.65. The largest absolute Gasteiger partial charge is 0.497 e. The molecule has 0 aromatic heterocycles. The minimum atomic E-state index is -0.0624. The van der Waals surface area contributed by atoms with E-state index < -0.39 is 0 Å². The van der Waals surface area contributed by atoms with Crippen molar-refractivity contribution >= 4 is 0 Å². The van der Waals surface area contributed by atoms with Gasteiger partial charge in [-0.1, -0.05) is 36.4 Å². The standard InChI is InChI=1S/C17H21NO2/c1-13(18)16-9-8-15(19-2)12-17(16)20-11-10-14-6-4-3-5-7-14/h3-9,12-13H,10-11,18H2,1-2H3/t13-/m0/s1. The molecule has 0 aliphatic carbocycles. The number of benzene rings is 2. The number of ether oxygens (including phenoxy) is 2. The minimum absolute atomic E-state index is 0.0624. The summed E-state index contributed by atoms with van der Waals surface area (Å²) in [5, 5.41) is 0. The Labute approximate surface area is 120 Å². The summed E-state index contributed by atoms with van der Waals surface area (Å²) in [6.45, 7) is 2.57. The summed E-state index contributed by atoms with van der Waals surface area (Å²) in [4.78, 5) is 0. The highest BCUT2D eigenvalue weighted by atomic mass is 16.5. The van der Waals surface area contributed by atoms with Crippen LogP contribution in [0.3, 0.4) is 0 Å². The van der Waals surface area contributed by atoms with Crippen molar-refractivity contribution in [3.05, 3.63) is 59.7 Å². The molecule has 2 N–H and O–H groups in total. The third-order valence-electron chi connectivity index (χ3n) is 3.20. The Morgan fingerprint density at radius 3 is 2.50 bits per heavy atom. The molecule has 0 spiro atoms. The molecule has 0 unspecified atom stereocenters. The van der Waals surface area contributed by atoms with Crippen LogP contribution in [0.4, 0.5) is 0 Å². The Kier molecular flexibility index (Phi) is 5.02. The lowest BCUT2D eigenvalue weighted by Gasteiger charge is -2.15. The second kappa shape index (κ2) is 6.96. The lowest BCUT2D eigenvalue weighted by molar-refractivity contribution is 0.314. The predicted molar refractivity (Wildman–Crippen MR) is 81.2 cm³/mol. The van der Waals surface area contributed by atoms with E-state index in [4.69, 9.17) is 15.2 Å². The Hall–Kier alpha value is -2.00. The maximum Gasteiger partial charge on any atom is 0.127 e. The first-order chi connectivity index (χ1) is 9.70. The Balaban J connectivity index is 2.04. The summed E-state index contributed by atoms with van der Waals surface area (Å²) in [6, 6.07) is 16.0. The van der Waals surface area contributed by atoms with Crippen LogP contribution in [0.25, 0.3) is 0 Å². The van der Waals surface area contributed by atoms with Crippen LogP contribution in [0.1, 0.15) is 24.1 Å². The number of nitrogens with two attached hydrogens (primary N) is 1. The molecule has 20 heavy (non-hydrogen) atoms. The average molecular weight is 271 g/mol. The minimum Gasteiger partial charge on any atom is -0.497 e. The van der Waals surface area contributed by atoms with E-state index in [0.717, 1.165) is 23.5 Å². The zero-order valence-corrected chi connectivity index (χ0v) is 12.0. The Morgan fingerprint density at radius 2 is 1.85 bits per heavy atom. The van der Waals surface area contributed by atoms with Gasteiger partial charge in [0.15, 0.2) is 0 Å². The molecule has 0 amide bonds. The van der Waals surface area contributed by atoms with Crippen molar-refractivity contribution in [2.24, 2.45) is 5.73 Å². The maximum absolute atomic E-state index is 5.97.